The number of hydrogen-bond acceptors (Lipinski definition) is 5. The number of ether oxygens (including phenoxy) is 1. The van der Waals surface area contributed by atoms with E-state index in [0.29, 0.717) is 16.9 Å². The van der Waals surface area contributed by atoms with Gasteiger partial charge in [-0.3, -0.25) is 10.1 Å². The van der Waals surface area contributed by atoms with Crippen molar-refractivity contribution < 1.29 is 18.9 Å². The molecule has 0 radical (unpaired) electrons. The molecule has 1 heterocycles. The second kappa shape index (κ2) is 11.6. The summed E-state index contributed by atoms with van der Waals surface area (Å²) in [5.41, 5.74) is 2.58. The average molecular weight is 540 g/mol. The molecule has 0 fully saturated rings. The topological polar surface area (TPSA) is 84.5 Å². The van der Waals surface area contributed by atoms with Crippen LogP contribution < -0.4 is 10.6 Å². The Hall–Kier alpha value is -3.02. The van der Waals surface area contributed by atoms with Crippen LogP contribution in [0.4, 0.5) is 16.2 Å². The van der Waals surface area contributed by atoms with Crippen molar-refractivity contribution in [2.45, 2.75) is 59.2 Å². The van der Waals surface area contributed by atoms with Crippen LogP contribution in [0.25, 0.3) is 10.4 Å². The Kier molecular flexibility index (Phi) is 8.93. The molecule has 8 heteroatoms. The van der Waals surface area contributed by atoms with Gasteiger partial charge in [0.25, 0.3) is 5.91 Å². The van der Waals surface area contributed by atoms with Crippen LogP contribution in [-0.2, 0) is 14.5 Å². The molecule has 196 valence electrons. The molecule has 0 saturated heterocycles. The van der Waals surface area contributed by atoms with Crippen LogP contribution in [0.15, 0.2) is 60.0 Å². The van der Waals surface area contributed by atoms with Crippen LogP contribution in [0, 0.1) is 11.8 Å². The highest BCUT2D eigenvalue weighted by molar-refractivity contribution is 7.25. The van der Waals surface area contributed by atoms with Crippen LogP contribution in [0.2, 0.25) is 0 Å². The first-order valence-electron chi connectivity index (χ1n) is 12.4. The third kappa shape index (κ3) is 6.65. The molecule has 0 aliphatic rings. The van der Waals surface area contributed by atoms with Gasteiger partial charge in [-0.1, -0.05) is 56.5 Å². The van der Waals surface area contributed by atoms with Crippen molar-refractivity contribution in [2.75, 3.05) is 10.6 Å². The Morgan fingerprint density at radius 1 is 0.892 bits per heavy atom. The van der Waals surface area contributed by atoms with Gasteiger partial charge in [0.15, 0.2) is 5.16 Å². The van der Waals surface area contributed by atoms with Gasteiger partial charge in [0.1, 0.15) is 5.60 Å². The van der Waals surface area contributed by atoms with E-state index in [-0.39, 0.29) is 17.7 Å². The fraction of sp³-hybridized carbons (Fsp3) is 0.379. The molecule has 0 aliphatic heterocycles. The number of hydrogen-bond donors (Lipinski definition) is 2. The fourth-order valence-electron chi connectivity index (χ4n) is 4.49. The summed E-state index contributed by atoms with van der Waals surface area (Å²) in [6.45, 7) is 13.7. The summed E-state index contributed by atoms with van der Waals surface area (Å²) < 4.78 is 17.7. The highest BCUT2D eigenvalue weighted by Crippen LogP contribution is 2.48. The van der Waals surface area contributed by atoms with Gasteiger partial charge in [0.2, 0.25) is 0 Å². The molecule has 3 aromatic rings. The first kappa shape index (κ1) is 28.5. The SMILES string of the molecule is CC(C)C([PH+]=O)(c1ccc(C(=O)Nc2cc(-c3cccs3)ccc2NC(=O)OC(C)(C)C)cc1)C(C)C. The summed E-state index contributed by atoms with van der Waals surface area (Å²) >= 11 is 1.59. The highest BCUT2D eigenvalue weighted by Gasteiger charge is 2.47. The number of benzene rings is 2. The smallest absolute Gasteiger partial charge is 0.412 e. The number of thiophene rings is 1. The Bertz CT molecular complexity index is 1240. The van der Waals surface area contributed by atoms with Gasteiger partial charge in [0, 0.05) is 27.8 Å². The van der Waals surface area contributed by atoms with Crippen molar-refractivity contribution in [2.24, 2.45) is 11.8 Å². The third-order valence-electron chi connectivity index (χ3n) is 6.32. The molecule has 0 bridgehead atoms. The summed E-state index contributed by atoms with van der Waals surface area (Å²) in [5.74, 6) is 0.0281. The van der Waals surface area contributed by atoms with Crippen LogP contribution in [0.1, 0.15) is 64.4 Å². The molecule has 1 atom stereocenters. The Labute approximate surface area is 225 Å². The quantitative estimate of drug-likeness (QED) is 0.281. The van der Waals surface area contributed by atoms with Gasteiger partial charge < -0.3 is 10.1 Å². The lowest BCUT2D eigenvalue weighted by Gasteiger charge is -2.29. The minimum atomic E-state index is -0.655. The zero-order valence-electron chi connectivity index (χ0n) is 22.5. The zero-order valence-corrected chi connectivity index (χ0v) is 24.3. The molecule has 6 nitrogen and oxygen atoms in total. The van der Waals surface area contributed by atoms with Crippen molar-refractivity contribution in [3.05, 3.63) is 71.1 Å². The predicted octanol–water partition coefficient (Wildman–Crippen LogP) is 8.55. The number of carbonyl (C=O) groups is 2. The third-order valence-corrected chi connectivity index (χ3v) is 9.02. The summed E-state index contributed by atoms with van der Waals surface area (Å²) in [5, 5.41) is 7.21. The van der Waals surface area contributed by atoms with Crippen LogP contribution in [0.3, 0.4) is 0 Å². The lowest BCUT2D eigenvalue weighted by molar-refractivity contribution is 0.0635. The molecule has 2 aromatic carbocycles. The van der Waals surface area contributed by atoms with Crippen LogP contribution in [0.5, 0.6) is 0 Å². The van der Waals surface area contributed by atoms with E-state index in [4.69, 9.17) is 4.74 Å². The minimum absolute atomic E-state index is 0.171. The molecule has 2 N–H and O–H groups in total. The Morgan fingerprint density at radius 3 is 2.05 bits per heavy atom. The summed E-state index contributed by atoms with van der Waals surface area (Å²) in [6, 6.07) is 16.7. The van der Waals surface area contributed by atoms with Gasteiger partial charge in [-0.25, -0.2) is 4.79 Å². The molecular formula is C29H36N2O4PS+. The lowest BCUT2D eigenvalue weighted by Crippen LogP contribution is -2.32. The predicted molar refractivity (Wildman–Crippen MR) is 154 cm³/mol. The number of nitrogens with one attached hydrogen (secondary N) is 2. The largest absolute Gasteiger partial charge is 0.444 e. The van der Waals surface area contributed by atoms with Crippen molar-refractivity contribution in [1.29, 1.82) is 0 Å². The summed E-state index contributed by atoms with van der Waals surface area (Å²) in [4.78, 5) is 26.8. The molecule has 0 aliphatic carbocycles. The van der Waals surface area contributed by atoms with E-state index in [2.05, 4.69) is 38.3 Å². The second-order valence-electron chi connectivity index (χ2n) is 10.7. The molecule has 1 aromatic heterocycles. The van der Waals surface area contributed by atoms with Crippen molar-refractivity contribution in [1.82, 2.24) is 0 Å². The monoisotopic (exact) mass is 539 g/mol. The Morgan fingerprint density at radius 2 is 1.54 bits per heavy atom. The van der Waals surface area contributed by atoms with E-state index in [1.807, 2.05) is 41.8 Å². The minimum Gasteiger partial charge on any atom is -0.444 e. The standard InChI is InChI=1S/C29H35N2O4PS/c1-18(2)29(36-34,19(3)4)22-13-10-20(11-14-22)26(32)30-24-17-21(25-9-8-16-37-25)12-15-23(24)31-27(33)35-28(5,6)7/h8-19H,1-7H3,(H,30,32)(H,31,33)/p+1. The molecule has 0 saturated carbocycles. The normalized spacial score (nSPS) is 12.1. The highest BCUT2D eigenvalue weighted by atomic mass is 32.1. The molecule has 1 unspecified atom stereocenters. The molecule has 2 amide bonds. The maximum absolute atomic E-state index is 13.3. The van der Waals surface area contributed by atoms with Gasteiger partial charge >= 0.3 is 14.6 Å². The number of rotatable bonds is 8. The fourth-order valence-corrected chi connectivity index (χ4v) is 5.97. The van der Waals surface area contributed by atoms with Gasteiger partial charge in [-0.2, -0.15) is 0 Å². The molecule has 3 rings (SSSR count). The maximum atomic E-state index is 13.3. The van der Waals surface area contributed by atoms with Gasteiger partial charge in [0.05, 0.1) is 11.4 Å². The van der Waals surface area contributed by atoms with Crippen molar-refractivity contribution in [3.8, 4) is 10.4 Å². The van der Waals surface area contributed by atoms with E-state index in [1.165, 1.54) is 0 Å². The number of amides is 2. The number of anilines is 2. The van der Waals surface area contributed by atoms with E-state index in [9.17, 15) is 14.2 Å². The lowest BCUT2D eigenvalue weighted by atomic mass is 9.78. The van der Waals surface area contributed by atoms with Gasteiger partial charge in [-0.05, 0) is 62.0 Å². The molecule has 0 spiro atoms. The van der Waals surface area contributed by atoms with Gasteiger partial charge in [-0.15, -0.1) is 11.3 Å². The maximum Gasteiger partial charge on any atom is 0.412 e. The first-order valence-corrected chi connectivity index (χ1v) is 14.1. The molecule has 37 heavy (non-hydrogen) atoms. The average Bonchev–Trinajstić information content (AvgIpc) is 3.35. The zero-order chi connectivity index (χ0) is 27.4. The van der Waals surface area contributed by atoms with E-state index in [0.717, 1.165) is 16.0 Å². The van der Waals surface area contributed by atoms with Crippen molar-refractivity contribution >= 4 is 43.2 Å². The summed E-state index contributed by atoms with van der Waals surface area (Å²) in [7, 11) is -0.497. The van der Waals surface area contributed by atoms with E-state index in [1.54, 1.807) is 50.3 Å². The first-order chi connectivity index (χ1) is 17.4. The van der Waals surface area contributed by atoms with Crippen LogP contribution >= 0.6 is 19.8 Å². The van der Waals surface area contributed by atoms with Crippen molar-refractivity contribution in [3.63, 3.8) is 0 Å². The van der Waals surface area contributed by atoms with E-state index >= 15 is 0 Å². The van der Waals surface area contributed by atoms with Crippen LogP contribution in [-0.4, -0.2) is 17.6 Å². The number of carbonyl (C=O) groups excluding carboxylic acids is 2. The Balaban J connectivity index is 1.91. The summed E-state index contributed by atoms with van der Waals surface area (Å²) in [6.07, 6.45) is -0.603. The second-order valence-corrected chi connectivity index (χ2v) is 12.7. The van der Waals surface area contributed by atoms with E-state index < -0.39 is 25.3 Å². The molecular weight excluding hydrogens is 503 g/mol.